The Bertz CT molecular complexity index is 692. The molecule has 0 aliphatic rings. The molecular weight excluding hydrogens is 400 g/mol. The maximum absolute atomic E-state index is 13.6. The van der Waals surface area contributed by atoms with E-state index < -0.39 is 17.5 Å². The fourth-order valence-electron chi connectivity index (χ4n) is 1.50. The summed E-state index contributed by atoms with van der Waals surface area (Å²) in [4.78, 5) is 11.9. The number of phenolic OH excluding ortho intramolecular Hbond substituents is 1. The molecule has 1 amide bonds. The average Bonchev–Trinajstić information content (AvgIpc) is 2.38. The van der Waals surface area contributed by atoms with Gasteiger partial charge in [0.1, 0.15) is 17.4 Å². The number of phenols is 1. The zero-order chi connectivity index (χ0) is 14.9. The highest BCUT2D eigenvalue weighted by molar-refractivity contribution is 9.10. The third-order valence-electron chi connectivity index (χ3n) is 2.46. The minimum absolute atomic E-state index is 0.0432. The van der Waals surface area contributed by atoms with E-state index in [4.69, 9.17) is 0 Å². The molecule has 0 atom stereocenters. The number of nitrogens with one attached hydrogen (secondary N) is 1. The van der Waals surface area contributed by atoms with Crippen molar-refractivity contribution >= 4 is 43.5 Å². The minimum Gasteiger partial charge on any atom is -0.507 e. The van der Waals surface area contributed by atoms with Crippen LogP contribution in [0.15, 0.2) is 39.3 Å². The first-order valence-corrected chi connectivity index (χ1v) is 6.91. The summed E-state index contributed by atoms with van der Waals surface area (Å²) in [5, 5.41) is 11.8. The predicted octanol–water partition coefficient (Wildman–Crippen LogP) is 4.45. The SMILES string of the molecule is O=C(Nc1cc(F)c(Br)cc1F)c1cc(Br)ccc1O. The molecule has 0 fully saturated rings. The van der Waals surface area contributed by atoms with Crippen molar-refractivity contribution in [2.45, 2.75) is 0 Å². The van der Waals surface area contributed by atoms with E-state index in [2.05, 4.69) is 37.2 Å². The van der Waals surface area contributed by atoms with Crippen LogP contribution in [0.4, 0.5) is 14.5 Å². The molecule has 0 radical (unpaired) electrons. The van der Waals surface area contributed by atoms with Crippen LogP contribution >= 0.6 is 31.9 Å². The molecule has 0 heterocycles. The van der Waals surface area contributed by atoms with Crippen LogP contribution in [-0.4, -0.2) is 11.0 Å². The van der Waals surface area contributed by atoms with Crippen LogP contribution in [0.5, 0.6) is 5.75 Å². The second-order valence-corrected chi connectivity index (χ2v) is 5.63. The molecule has 2 N–H and O–H groups in total. The van der Waals surface area contributed by atoms with Gasteiger partial charge in [-0.25, -0.2) is 8.78 Å². The lowest BCUT2D eigenvalue weighted by Crippen LogP contribution is -2.13. The summed E-state index contributed by atoms with van der Waals surface area (Å²) in [5.41, 5.74) is -0.364. The average molecular weight is 407 g/mol. The van der Waals surface area contributed by atoms with E-state index in [1.54, 1.807) is 6.07 Å². The maximum Gasteiger partial charge on any atom is 0.259 e. The van der Waals surface area contributed by atoms with E-state index in [0.717, 1.165) is 12.1 Å². The van der Waals surface area contributed by atoms with Gasteiger partial charge in [-0.3, -0.25) is 4.79 Å². The van der Waals surface area contributed by atoms with E-state index in [1.807, 2.05) is 0 Å². The van der Waals surface area contributed by atoms with E-state index in [1.165, 1.54) is 12.1 Å². The first-order chi connectivity index (χ1) is 9.38. The number of carbonyl (C=O) groups excluding carboxylic acids is 1. The van der Waals surface area contributed by atoms with Crippen LogP contribution in [0.3, 0.4) is 0 Å². The highest BCUT2D eigenvalue weighted by atomic mass is 79.9. The van der Waals surface area contributed by atoms with Crippen LogP contribution in [0.1, 0.15) is 10.4 Å². The summed E-state index contributed by atoms with van der Waals surface area (Å²) in [6.45, 7) is 0. The van der Waals surface area contributed by atoms with Gasteiger partial charge in [0, 0.05) is 10.5 Å². The summed E-state index contributed by atoms with van der Waals surface area (Å²) in [6, 6.07) is 6.00. The summed E-state index contributed by atoms with van der Waals surface area (Å²) < 4.78 is 27.5. The molecule has 2 rings (SSSR count). The highest BCUT2D eigenvalue weighted by Gasteiger charge is 2.15. The van der Waals surface area contributed by atoms with Gasteiger partial charge in [-0.2, -0.15) is 0 Å². The minimum atomic E-state index is -0.791. The maximum atomic E-state index is 13.6. The third-order valence-corrected chi connectivity index (χ3v) is 3.56. The van der Waals surface area contributed by atoms with Crippen molar-refractivity contribution < 1.29 is 18.7 Å². The molecular formula is C13H7Br2F2NO2. The Kier molecular flexibility index (Phi) is 4.39. The molecule has 104 valence electrons. The largest absolute Gasteiger partial charge is 0.507 e. The number of carbonyl (C=O) groups is 1. The van der Waals surface area contributed by atoms with Crippen LogP contribution < -0.4 is 5.32 Å². The molecule has 0 unspecified atom stereocenters. The first-order valence-electron chi connectivity index (χ1n) is 5.33. The van der Waals surface area contributed by atoms with E-state index in [-0.39, 0.29) is 21.5 Å². The lowest BCUT2D eigenvalue weighted by Gasteiger charge is -2.09. The van der Waals surface area contributed by atoms with Gasteiger partial charge in [-0.05, 0) is 40.2 Å². The molecule has 2 aromatic carbocycles. The molecule has 0 aromatic heterocycles. The summed E-state index contributed by atoms with van der Waals surface area (Å²) in [6.07, 6.45) is 0. The van der Waals surface area contributed by atoms with Crippen molar-refractivity contribution in [2.75, 3.05) is 5.32 Å². The number of amides is 1. The Morgan fingerprint density at radius 3 is 2.50 bits per heavy atom. The van der Waals surface area contributed by atoms with Crippen molar-refractivity contribution in [3.8, 4) is 5.75 Å². The van der Waals surface area contributed by atoms with E-state index in [0.29, 0.717) is 4.47 Å². The lowest BCUT2D eigenvalue weighted by atomic mass is 10.2. The topological polar surface area (TPSA) is 49.3 Å². The van der Waals surface area contributed by atoms with E-state index >= 15 is 0 Å². The van der Waals surface area contributed by atoms with Crippen LogP contribution in [0.25, 0.3) is 0 Å². The Hall–Kier alpha value is -1.47. The molecule has 3 nitrogen and oxygen atoms in total. The molecule has 0 saturated carbocycles. The summed E-state index contributed by atoms with van der Waals surface area (Å²) in [5.74, 6) is -2.51. The monoisotopic (exact) mass is 405 g/mol. The Balaban J connectivity index is 2.32. The molecule has 0 bridgehead atoms. The Morgan fingerprint density at radius 2 is 1.80 bits per heavy atom. The fourth-order valence-corrected chi connectivity index (χ4v) is 2.17. The quantitative estimate of drug-likeness (QED) is 0.724. The Labute approximate surface area is 129 Å². The van der Waals surface area contributed by atoms with Gasteiger partial charge in [0.2, 0.25) is 0 Å². The number of hydrogen-bond donors (Lipinski definition) is 2. The molecule has 2 aromatic rings. The molecule has 0 saturated heterocycles. The fraction of sp³-hybridized carbons (Fsp3) is 0. The number of anilines is 1. The number of benzene rings is 2. The van der Waals surface area contributed by atoms with E-state index in [9.17, 15) is 18.7 Å². The number of hydrogen-bond acceptors (Lipinski definition) is 2. The third kappa shape index (κ3) is 3.16. The van der Waals surface area contributed by atoms with Crippen molar-refractivity contribution in [1.82, 2.24) is 0 Å². The van der Waals surface area contributed by atoms with Gasteiger partial charge in [-0.15, -0.1) is 0 Å². The van der Waals surface area contributed by atoms with Gasteiger partial charge >= 0.3 is 0 Å². The van der Waals surface area contributed by atoms with Crippen LogP contribution in [0, 0.1) is 11.6 Å². The van der Waals surface area contributed by atoms with Gasteiger partial charge in [0.05, 0.1) is 15.7 Å². The summed E-state index contributed by atoms with van der Waals surface area (Å²) >= 11 is 5.99. The highest BCUT2D eigenvalue weighted by Crippen LogP contribution is 2.26. The summed E-state index contributed by atoms with van der Waals surface area (Å²) in [7, 11) is 0. The second-order valence-electron chi connectivity index (χ2n) is 3.86. The second kappa shape index (κ2) is 5.88. The Morgan fingerprint density at radius 1 is 1.10 bits per heavy atom. The van der Waals surface area contributed by atoms with Crippen molar-refractivity contribution in [3.05, 3.63) is 56.5 Å². The smallest absolute Gasteiger partial charge is 0.259 e. The number of halogens is 4. The zero-order valence-electron chi connectivity index (χ0n) is 9.75. The van der Waals surface area contributed by atoms with Gasteiger partial charge < -0.3 is 10.4 Å². The van der Waals surface area contributed by atoms with Gasteiger partial charge in [-0.1, -0.05) is 15.9 Å². The standard InChI is InChI=1S/C13H7Br2F2NO2/c14-6-1-2-12(19)7(3-6)13(20)18-11-5-9(16)8(15)4-10(11)17/h1-5,19H,(H,18,20). The van der Waals surface area contributed by atoms with Gasteiger partial charge in [0.15, 0.2) is 0 Å². The van der Waals surface area contributed by atoms with Crippen LogP contribution in [0.2, 0.25) is 0 Å². The lowest BCUT2D eigenvalue weighted by molar-refractivity contribution is 0.102. The predicted molar refractivity (Wildman–Crippen MR) is 77.8 cm³/mol. The zero-order valence-corrected chi connectivity index (χ0v) is 12.9. The number of rotatable bonds is 2. The molecule has 0 aliphatic heterocycles. The van der Waals surface area contributed by atoms with Gasteiger partial charge in [0.25, 0.3) is 5.91 Å². The van der Waals surface area contributed by atoms with Crippen molar-refractivity contribution in [1.29, 1.82) is 0 Å². The normalized spacial score (nSPS) is 10.4. The van der Waals surface area contributed by atoms with Crippen molar-refractivity contribution in [3.63, 3.8) is 0 Å². The first kappa shape index (κ1) is 14.9. The molecule has 20 heavy (non-hydrogen) atoms. The van der Waals surface area contributed by atoms with Crippen LogP contribution in [-0.2, 0) is 0 Å². The number of aromatic hydroxyl groups is 1. The molecule has 7 heteroatoms. The van der Waals surface area contributed by atoms with Crippen molar-refractivity contribution in [2.24, 2.45) is 0 Å². The molecule has 0 spiro atoms. The molecule has 0 aliphatic carbocycles.